The van der Waals surface area contributed by atoms with E-state index in [2.05, 4.69) is 9.97 Å². The average Bonchev–Trinajstić information content (AvgIpc) is 2.37. The highest BCUT2D eigenvalue weighted by molar-refractivity contribution is 7.98. The molecule has 7 nitrogen and oxygen atoms in total. The fourth-order valence-corrected chi connectivity index (χ4v) is 1.78. The molecule has 0 atom stereocenters. The minimum absolute atomic E-state index is 0.00977. The minimum atomic E-state index is -0.672. The molecule has 1 heterocycles. The maximum atomic E-state index is 13.2. The van der Waals surface area contributed by atoms with E-state index < -0.39 is 10.7 Å². The second-order valence-corrected chi connectivity index (χ2v) is 4.36. The Labute approximate surface area is 117 Å². The Morgan fingerprint density at radius 3 is 2.80 bits per heavy atom. The monoisotopic (exact) mass is 296 g/mol. The van der Waals surface area contributed by atoms with Crippen molar-refractivity contribution in [2.24, 2.45) is 0 Å². The first-order valence-corrected chi connectivity index (χ1v) is 6.52. The molecule has 0 aliphatic heterocycles. The van der Waals surface area contributed by atoms with Gasteiger partial charge in [-0.05, 0) is 12.3 Å². The maximum Gasteiger partial charge on any atom is 0.311 e. The van der Waals surface area contributed by atoms with Gasteiger partial charge in [-0.2, -0.15) is 4.98 Å². The smallest absolute Gasteiger partial charge is 0.311 e. The van der Waals surface area contributed by atoms with Crippen LogP contribution < -0.4 is 10.5 Å². The topological polar surface area (TPSA) is 104 Å². The Hall–Kier alpha value is -2.42. The second-order valence-electron chi connectivity index (χ2n) is 3.59. The van der Waals surface area contributed by atoms with Crippen molar-refractivity contribution in [2.75, 3.05) is 12.0 Å². The van der Waals surface area contributed by atoms with Gasteiger partial charge in [0, 0.05) is 18.2 Å². The number of nitrogen functional groups attached to an aromatic ring is 1. The van der Waals surface area contributed by atoms with Gasteiger partial charge in [-0.25, -0.2) is 9.37 Å². The van der Waals surface area contributed by atoms with Gasteiger partial charge in [0.25, 0.3) is 0 Å². The SMILES string of the molecule is CSc1nc(N)cc(Oc2cc(F)ccc2[N+](=O)[O-])n1. The Balaban J connectivity index is 2.41. The van der Waals surface area contributed by atoms with E-state index in [1.165, 1.54) is 17.8 Å². The number of hydrogen-bond acceptors (Lipinski definition) is 7. The second kappa shape index (κ2) is 5.70. The lowest BCUT2D eigenvalue weighted by Gasteiger charge is -2.07. The van der Waals surface area contributed by atoms with Crippen LogP contribution in [0.4, 0.5) is 15.9 Å². The van der Waals surface area contributed by atoms with Gasteiger partial charge in [0.15, 0.2) is 5.16 Å². The van der Waals surface area contributed by atoms with Crippen LogP contribution >= 0.6 is 11.8 Å². The largest absolute Gasteiger partial charge is 0.431 e. The van der Waals surface area contributed by atoms with Gasteiger partial charge < -0.3 is 10.5 Å². The number of benzene rings is 1. The zero-order valence-corrected chi connectivity index (χ0v) is 11.1. The summed E-state index contributed by atoms with van der Waals surface area (Å²) >= 11 is 1.23. The number of nitro benzene ring substituents is 1. The van der Waals surface area contributed by atoms with Gasteiger partial charge in [-0.15, -0.1) is 0 Å². The van der Waals surface area contributed by atoms with E-state index in [1.54, 1.807) is 6.26 Å². The van der Waals surface area contributed by atoms with E-state index >= 15 is 0 Å². The Bertz CT molecular complexity index is 668. The number of nitrogens with two attached hydrogens (primary N) is 1. The molecule has 0 amide bonds. The lowest BCUT2D eigenvalue weighted by molar-refractivity contribution is -0.385. The van der Waals surface area contributed by atoms with Gasteiger partial charge in [0.1, 0.15) is 11.6 Å². The van der Waals surface area contributed by atoms with Crippen molar-refractivity contribution in [1.29, 1.82) is 0 Å². The number of halogens is 1. The highest BCUT2D eigenvalue weighted by Crippen LogP contribution is 2.32. The number of rotatable bonds is 4. The van der Waals surface area contributed by atoms with Crippen LogP contribution in [0.1, 0.15) is 0 Å². The average molecular weight is 296 g/mol. The number of anilines is 1. The summed E-state index contributed by atoms with van der Waals surface area (Å²) in [5.74, 6) is -0.744. The summed E-state index contributed by atoms with van der Waals surface area (Å²) in [7, 11) is 0. The summed E-state index contributed by atoms with van der Waals surface area (Å²) in [4.78, 5) is 18.1. The fraction of sp³-hybridized carbons (Fsp3) is 0.0909. The highest BCUT2D eigenvalue weighted by Gasteiger charge is 2.17. The van der Waals surface area contributed by atoms with Gasteiger partial charge >= 0.3 is 5.69 Å². The molecule has 0 spiro atoms. The normalized spacial score (nSPS) is 10.3. The van der Waals surface area contributed by atoms with Crippen LogP contribution in [0.5, 0.6) is 11.6 Å². The number of aromatic nitrogens is 2. The molecule has 2 aromatic rings. The molecule has 0 aliphatic rings. The quantitative estimate of drug-likeness (QED) is 0.400. The van der Waals surface area contributed by atoms with Crippen LogP contribution in [-0.2, 0) is 0 Å². The summed E-state index contributed by atoms with van der Waals surface area (Å²) in [5, 5.41) is 11.2. The zero-order chi connectivity index (χ0) is 14.7. The summed E-state index contributed by atoms with van der Waals surface area (Å²) in [6.45, 7) is 0. The summed E-state index contributed by atoms with van der Waals surface area (Å²) in [6, 6.07) is 4.21. The van der Waals surface area contributed by atoms with Gasteiger partial charge in [-0.3, -0.25) is 10.1 Å². The van der Waals surface area contributed by atoms with E-state index in [1.807, 2.05) is 0 Å². The van der Waals surface area contributed by atoms with Crippen LogP contribution in [0, 0.1) is 15.9 Å². The van der Waals surface area contributed by atoms with Crippen molar-refractivity contribution in [3.8, 4) is 11.6 Å². The van der Waals surface area contributed by atoms with E-state index in [9.17, 15) is 14.5 Å². The van der Waals surface area contributed by atoms with E-state index in [-0.39, 0.29) is 23.1 Å². The highest BCUT2D eigenvalue weighted by atomic mass is 32.2. The molecule has 0 fully saturated rings. The van der Waals surface area contributed by atoms with Gasteiger partial charge in [-0.1, -0.05) is 11.8 Å². The third-order valence-corrected chi connectivity index (χ3v) is 2.77. The lowest BCUT2D eigenvalue weighted by Crippen LogP contribution is -1.99. The van der Waals surface area contributed by atoms with Gasteiger partial charge in [0.05, 0.1) is 4.92 Å². The standard InChI is InChI=1S/C11H9FN4O3S/c1-20-11-14-9(13)5-10(15-11)19-8-4-6(12)2-3-7(8)16(17)18/h2-5H,1H3,(H2,13,14,15). The molecular weight excluding hydrogens is 287 g/mol. The number of thioether (sulfide) groups is 1. The molecule has 2 rings (SSSR count). The van der Waals surface area contributed by atoms with Gasteiger partial charge in [0.2, 0.25) is 11.6 Å². The molecule has 9 heteroatoms. The van der Waals surface area contributed by atoms with E-state index in [0.717, 1.165) is 18.2 Å². The van der Waals surface area contributed by atoms with Crippen LogP contribution in [0.25, 0.3) is 0 Å². The predicted molar refractivity (Wildman–Crippen MR) is 71.4 cm³/mol. The Morgan fingerprint density at radius 1 is 1.40 bits per heavy atom. The first kappa shape index (κ1) is 14.0. The van der Waals surface area contributed by atoms with Crippen molar-refractivity contribution in [3.63, 3.8) is 0 Å². The molecule has 104 valence electrons. The van der Waals surface area contributed by atoms with Crippen molar-refractivity contribution in [1.82, 2.24) is 9.97 Å². The Morgan fingerprint density at radius 2 is 2.15 bits per heavy atom. The van der Waals surface area contributed by atoms with Crippen LogP contribution in [0.3, 0.4) is 0 Å². The third-order valence-electron chi connectivity index (χ3n) is 2.22. The number of nitrogens with zero attached hydrogens (tertiary/aromatic N) is 3. The third kappa shape index (κ3) is 3.12. The van der Waals surface area contributed by atoms with Crippen molar-refractivity contribution < 1.29 is 14.1 Å². The van der Waals surface area contributed by atoms with Crippen molar-refractivity contribution in [2.45, 2.75) is 5.16 Å². The van der Waals surface area contributed by atoms with Crippen LogP contribution in [-0.4, -0.2) is 21.1 Å². The van der Waals surface area contributed by atoms with Crippen molar-refractivity contribution >= 4 is 23.3 Å². The van der Waals surface area contributed by atoms with E-state index in [0.29, 0.717) is 5.16 Å². The molecule has 2 N–H and O–H groups in total. The molecule has 0 radical (unpaired) electrons. The molecule has 1 aromatic carbocycles. The fourth-order valence-electron chi connectivity index (χ4n) is 1.40. The molecule has 0 unspecified atom stereocenters. The maximum absolute atomic E-state index is 13.2. The molecule has 1 aromatic heterocycles. The summed E-state index contributed by atoms with van der Waals surface area (Å²) in [6.07, 6.45) is 1.74. The number of nitro groups is 1. The van der Waals surface area contributed by atoms with Crippen LogP contribution in [0.15, 0.2) is 29.4 Å². The minimum Gasteiger partial charge on any atom is -0.431 e. The predicted octanol–water partition coefficient (Wildman–Crippen LogP) is 2.62. The number of hydrogen-bond donors (Lipinski definition) is 1. The van der Waals surface area contributed by atoms with Crippen molar-refractivity contribution in [3.05, 3.63) is 40.2 Å². The van der Waals surface area contributed by atoms with Crippen LogP contribution in [0.2, 0.25) is 0 Å². The summed E-state index contributed by atoms with van der Waals surface area (Å²) < 4.78 is 18.4. The Kier molecular flexibility index (Phi) is 3.99. The lowest BCUT2D eigenvalue weighted by atomic mass is 10.3. The molecular formula is C11H9FN4O3S. The molecule has 0 bridgehead atoms. The molecule has 0 aliphatic carbocycles. The molecule has 20 heavy (non-hydrogen) atoms. The first-order chi connectivity index (χ1) is 9.49. The zero-order valence-electron chi connectivity index (χ0n) is 10.2. The summed E-state index contributed by atoms with van der Waals surface area (Å²) in [5.41, 5.74) is 5.20. The van der Waals surface area contributed by atoms with E-state index in [4.69, 9.17) is 10.5 Å². The number of ether oxygens (including phenoxy) is 1. The first-order valence-electron chi connectivity index (χ1n) is 5.30. The molecule has 0 saturated heterocycles. The molecule has 0 saturated carbocycles.